The molecular formula is C17H18FN3O2. The Hall–Kier alpha value is -2.50. The number of benzene rings is 1. The number of hydrogen-bond donors (Lipinski definition) is 1. The molecule has 3 rings (SSSR count). The molecule has 1 aromatic heterocycles. The third-order valence-corrected chi connectivity index (χ3v) is 3.74. The number of carbonyl (C=O) groups excluding carboxylic acids is 1. The maximum absolute atomic E-state index is 13.9. The van der Waals surface area contributed by atoms with Crippen LogP contribution >= 0.6 is 0 Å². The van der Waals surface area contributed by atoms with Gasteiger partial charge in [-0.1, -0.05) is 6.07 Å². The minimum absolute atomic E-state index is 0.0176. The van der Waals surface area contributed by atoms with E-state index >= 15 is 0 Å². The summed E-state index contributed by atoms with van der Waals surface area (Å²) in [4.78, 5) is 21.1. The Morgan fingerprint density at radius 2 is 2.09 bits per heavy atom. The molecule has 23 heavy (non-hydrogen) atoms. The lowest BCUT2D eigenvalue weighted by atomic mass is 10.1. The summed E-state index contributed by atoms with van der Waals surface area (Å²) >= 11 is 0. The predicted molar refractivity (Wildman–Crippen MR) is 82.5 cm³/mol. The molecule has 1 aliphatic carbocycles. The Morgan fingerprint density at radius 1 is 1.35 bits per heavy atom. The minimum Gasteiger partial charge on any atom is -0.490 e. The lowest BCUT2D eigenvalue weighted by Crippen LogP contribution is -2.31. The van der Waals surface area contributed by atoms with Crippen LogP contribution in [0.3, 0.4) is 0 Å². The number of aromatic nitrogens is 2. The Morgan fingerprint density at radius 3 is 2.74 bits per heavy atom. The summed E-state index contributed by atoms with van der Waals surface area (Å²) in [6.07, 6.45) is 5.34. The highest BCUT2D eigenvalue weighted by Gasteiger charge is 2.35. The van der Waals surface area contributed by atoms with Gasteiger partial charge in [-0.25, -0.2) is 14.4 Å². The first-order valence-electron chi connectivity index (χ1n) is 7.69. The van der Waals surface area contributed by atoms with E-state index in [0.29, 0.717) is 11.7 Å². The SMILES string of the molecule is CCOc1c(F)cccc1C(=O)NC(c1ncccn1)C1CC1. The molecule has 0 spiro atoms. The van der Waals surface area contributed by atoms with Crippen LogP contribution in [0.5, 0.6) is 5.75 Å². The van der Waals surface area contributed by atoms with Crippen LogP contribution in [0.4, 0.5) is 4.39 Å². The van der Waals surface area contributed by atoms with E-state index in [1.54, 1.807) is 31.5 Å². The van der Waals surface area contributed by atoms with Gasteiger partial charge in [0.2, 0.25) is 0 Å². The zero-order valence-corrected chi connectivity index (χ0v) is 12.8. The summed E-state index contributed by atoms with van der Waals surface area (Å²) in [5, 5.41) is 2.93. The van der Waals surface area contributed by atoms with E-state index in [2.05, 4.69) is 15.3 Å². The van der Waals surface area contributed by atoms with Crippen molar-refractivity contribution in [2.24, 2.45) is 5.92 Å². The van der Waals surface area contributed by atoms with Gasteiger partial charge in [-0.2, -0.15) is 0 Å². The molecule has 1 aromatic carbocycles. The lowest BCUT2D eigenvalue weighted by Gasteiger charge is -2.18. The summed E-state index contributed by atoms with van der Waals surface area (Å²) < 4.78 is 19.2. The van der Waals surface area contributed by atoms with Gasteiger partial charge >= 0.3 is 0 Å². The van der Waals surface area contributed by atoms with Crippen molar-refractivity contribution in [3.63, 3.8) is 0 Å². The van der Waals surface area contributed by atoms with Gasteiger partial charge in [0.1, 0.15) is 0 Å². The van der Waals surface area contributed by atoms with Crippen LogP contribution in [0, 0.1) is 11.7 Å². The van der Waals surface area contributed by atoms with Crippen molar-refractivity contribution in [3.8, 4) is 5.75 Å². The molecule has 6 heteroatoms. The average molecular weight is 315 g/mol. The van der Waals surface area contributed by atoms with E-state index in [1.165, 1.54) is 12.1 Å². The highest BCUT2D eigenvalue weighted by atomic mass is 19.1. The second-order valence-corrected chi connectivity index (χ2v) is 5.45. The van der Waals surface area contributed by atoms with E-state index in [0.717, 1.165) is 12.8 Å². The Balaban J connectivity index is 1.84. The first-order chi connectivity index (χ1) is 11.2. The number of nitrogens with one attached hydrogen (secondary N) is 1. The molecule has 5 nitrogen and oxygen atoms in total. The number of rotatable bonds is 6. The second-order valence-electron chi connectivity index (χ2n) is 5.45. The van der Waals surface area contributed by atoms with Crippen LogP contribution in [0.1, 0.15) is 42.0 Å². The number of ether oxygens (including phenoxy) is 1. The molecule has 1 fully saturated rings. The molecule has 1 heterocycles. The molecule has 0 radical (unpaired) electrons. The van der Waals surface area contributed by atoms with Crippen molar-refractivity contribution < 1.29 is 13.9 Å². The van der Waals surface area contributed by atoms with E-state index in [1.807, 2.05) is 0 Å². The van der Waals surface area contributed by atoms with Crippen LogP contribution in [-0.2, 0) is 0 Å². The van der Waals surface area contributed by atoms with Gasteiger partial charge in [-0.05, 0) is 43.9 Å². The maximum Gasteiger partial charge on any atom is 0.255 e. The number of amides is 1. The van der Waals surface area contributed by atoms with Crippen LogP contribution in [0.2, 0.25) is 0 Å². The van der Waals surface area contributed by atoms with Gasteiger partial charge in [0.05, 0.1) is 18.2 Å². The molecule has 1 N–H and O–H groups in total. The molecule has 1 aliphatic rings. The molecular weight excluding hydrogens is 297 g/mol. The molecule has 1 amide bonds. The number of halogens is 1. The third kappa shape index (κ3) is 3.47. The van der Waals surface area contributed by atoms with Crippen LogP contribution in [0.15, 0.2) is 36.7 Å². The topological polar surface area (TPSA) is 64.1 Å². The molecule has 0 saturated heterocycles. The first kappa shape index (κ1) is 15.4. The van der Waals surface area contributed by atoms with Gasteiger partial charge < -0.3 is 10.1 Å². The molecule has 120 valence electrons. The van der Waals surface area contributed by atoms with Crippen molar-refractivity contribution in [2.45, 2.75) is 25.8 Å². The van der Waals surface area contributed by atoms with Crippen LogP contribution in [0.25, 0.3) is 0 Å². The number of para-hydroxylation sites is 1. The van der Waals surface area contributed by atoms with Gasteiger partial charge in [-0.15, -0.1) is 0 Å². The normalized spacial score (nSPS) is 15.0. The molecule has 0 bridgehead atoms. The quantitative estimate of drug-likeness (QED) is 0.890. The van der Waals surface area contributed by atoms with Crippen molar-refractivity contribution in [2.75, 3.05) is 6.61 Å². The highest BCUT2D eigenvalue weighted by Crippen LogP contribution is 2.40. The van der Waals surface area contributed by atoms with Crippen molar-refractivity contribution in [1.82, 2.24) is 15.3 Å². The van der Waals surface area contributed by atoms with E-state index < -0.39 is 5.82 Å². The van der Waals surface area contributed by atoms with Crippen molar-refractivity contribution >= 4 is 5.91 Å². The van der Waals surface area contributed by atoms with E-state index in [4.69, 9.17) is 4.74 Å². The standard InChI is InChI=1S/C17H18FN3O2/c1-2-23-15-12(5-3-6-13(15)18)17(22)21-14(11-7-8-11)16-19-9-4-10-20-16/h3-6,9-11,14H,2,7-8H2,1H3,(H,21,22). The number of hydrogen-bond acceptors (Lipinski definition) is 4. The summed E-state index contributed by atoms with van der Waals surface area (Å²) in [5.41, 5.74) is 0.188. The summed E-state index contributed by atoms with van der Waals surface area (Å²) in [6.45, 7) is 2.04. The highest BCUT2D eigenvalue weighted by molar-refractivity contribution is 5.97. The van der Waals surface area contributed by atoms with E-state index in [9.17, 15) is 9.18 Å². The summed E-state index contributed by atoms with van der Waals surface area (Å²) in [6, 6.07) is 5.80. The van der Waals surface area contributed by atoms with Crippen molar-refractivity contribution in [1.29, 1.82) is 0 Å². The largest absolute Gasteiger partial charge is 0.490 e. The number of carbonyl (C=O) groups is 1. The zero-order valence-electron chi connectivity index (χ0n) is 12.8. The molecule has 1 unspecified atom stereocenters. The molecule has 2 aromatic rings. The summed E-state index contributed by atoms with van der Waals surface area (Å²) in [5.74, 6) is -0.0325. The third-order valence-electron chi connectivity index (χ3n) is 3.74. The first-order valence-corrected chi connectivity index (χ1v) is 7.69. The van der Waals surface area contributed by atoms with Gasteiger partial charge in [-0.3, -0.25) is 4.79 Å². The fourth-order valence-corrected chi connectivity index (χ4v) is 2.49. The van der Waals surface area contributed by atoms with Crippen LogP contribution in [-0.4, -0.2) is 22.5 Å². The average Bonchev–Trinajstić information content (AvgIpc) is 3.40. The van der Waals surface area contributed by atoms with Crippen LogP contribution < -0.4 is 10.1 Å². The van der Waals surface area contributed by atoms with Gasteiger partial charge in [0, 0.05) is 12.4 Å². The second kappa shape index (κ2) is 6.73. The molecule has 1 saturated carbocycles. The van der Waals surface area contributed by atoms with Crippen molar-refractivity contribution in [3.05, 3.63) is 53.9 Å². The Bertz CT molecular complexity index is 689. The number of nitrogens with zero attached hydrogens (tertiary/aromatic N) is 2. The van der Waals surface area contributed by atoms with Gasteiger partial charge in [0.25, 0.3) is 5.91 Å². The molecule has 0 aliphatic heterocycles. The monoisotopic (exact) mass is 315 g/mol. The lowest BCUT2D eigenvalue weighted by molar-refractivity contribution is 0.0924. The maximum atomic E-state index is 13.9. The van der Waals surface area contributed by atoms with E-state index in [-0.39, 0.29) is 29.9 Å². The van der Waals surface area contributed by atoms with Gasteiger partial charge in [0.15, 0.2) is 17.4 Å². The predicted octanol–water partition coefficient (Wildman–Crippen LogP) is 2.90. The fourth-order valence-electron chi connectivity index (χ4n) is 2.49. The zero-order chi connectivity index (χ0) is 16.2. The fraction of sp³-hybridized carbons (Fsp3) is 0.353. The smallest absolute Gasteiger partial charge is 0.255 e. The Labute approximate surface area is 133 Å². The Kier molecular flexibility index (Phi) is 4.50. The molecule has 1 atom stereocenters. The summed E-state index contributed by atoms with van der Waals surface area (Å²) in [7, 11) is 0. The minimum atomic E-state index is -0.543.